The van der Waals surface area contributed by atoms with Crippen LogP contribution in [0.5, 0.6) is 5.75 Å². The van der Waals surface area contributed by atoms with E-state index >= 15 is 0 Å². The van der Waals surface area contributed by atoms with Crippen LogP contribution in [-0.2, 0) is 30.3 Å². The number of esters is 2. The molecule has 49 heavy (non-hydrogen) atoms. The smallest absolute Gasteiger partial charge is 0.344 e. The van der Waals surface area contributed by atoms with Gasteiger partial charge in [-0.2, -0.15) is 0 Å². The zero-order valence-corrected chi connectivity index (χ0v) is 30.1. The van der Waals surface area contributed by atoms with Gasteiger partial charge in [-0.3, -0.25) is 9.59 Å². The lowest BCUT2D eigenvalue weighted by Gasteiger charge is -2.18. The highest BCUT2D eigenvalue weighted by atomic mass is 16.6. The third kappa shape index (κ3) is 15.1. The van der Waals surface area contributed by atoms with Crippen LogP contribution in [0.4, 0.5) is 0 Å². The minimum atomic E-state index is -0.609. The van der Waals surface area contributed by atoms with E-state index in [9.17, 15) is 14.4 Å². The molecule has 0 aliphatic heterocycles. The van der Waals surface area contributed by atoms with Gasteiger partial charge >= 0.3 is 11.9 Å². The van der Waals surface area contributed by atoms with Gasteiger partial charge in [0, 0.05) is 23.7 Å². The number of unbranched alkanes of at least 4 members (excludes halogenated alkanes) is 9. The zero-order valence-electron chi connectivity index (χ0n) is 30.1. The molecule has 266 valence electrons. The minimum Gasteiger partial charge on any atom is -0.482 e. The Labute approximate surface area is 292 Å². The molecule has 0 unspecified atom stereocenters. The van der Waals surface area contributed by atoms with Crippen molar-refractivity contribution >= 4 is 23.9 Å². The van der Waals surface area contributed by atoms with Crippen LogP contribution in [0.3, 0.4) is 0 Å². The summed E-state index contributed by atoms with van der Waals surface area (Å²) in [6.45, 7) is 10.3. The second kappa shape index (κ2) is 20.9. The van der Waals surface area contributed by atoms with Gasteiger partial charge < -0.3 is 24.5 Å². The number of H-pyrrole nitrogens is 1. The van der Waals surface area contributed by atoms with Gasteiger partial charge in [-0.25, -0.2) is 9.78 Å². The summed E-state index contributed by atoms with van der Waals surface area (Å²) >= 11 is 0. The highest BCUT2D eigenvalue weighted by molar-refractivity contribution is 5.91. The van der Waals surface area contributed by atoms with E-state index in [0.29, 0.717) is 30.4 Å². The van der Waals surface area contributed by atoms with Crippen molar-refractivity contribution in [2.75, 3.05) is 19.8 Å². The fourth-order valence-corrected chi connectivity index (χ4v) is 5.31. The van der Waals surface area contributed by atoms with Crippen molar-refractivity contribution in [3.05, 3.63) is 66.0 Å². The van der Waals surface area contributed by atoms with Gasteiger partial charge in [-0.05, 0) is 70.0 Å². The Morgan fingerprint density at radius 2 is 1.41 bits per heavy atom. The second-order valence-electron chi connectivity index (χ2n) is 13.2. The van der Waals surface area contributed by atoms with Crippen molar-refractivity contribution in [2.45, 2.75) is 111 Å². The van der Waals surface area contributed by atoms with Gasteiger partial charge in [-0.1, -0.05) is 89.0 Å². The summed E-state index contributed by atoms with van der Waals surface area (Å²) < 4.78 is 16.0. The van der Waals surface area contributed by atoms with Gasteiger partial charge in [0.05, 0.1) is 18.0 Å². The first-order valence-electron chi connectivity index (χ1n) is 17.8. The number of amides is 1. The quantitative estimate of drug-likeness (QED) is 0.0660. The Bertz CT molecular complexity index is 1470. The van der Waals surface area contributed by atoms with E-state index in [4.69, 9.17) is 19.2 Å². The Balaban J connectivity index is 1.61. The predicted molar refractivity (Wildman–Crippen MR) is 195 cm³/mol. The Morgan fingerprint density at radius 1 is 0.796 bits per heavy atom. The molecule has 0 saturated heterocycles. The van der Waals surface area contributed by atoms with Crippen LogP contribution in [0.1, 0.15) is 110 Å². The molecule has 1 aromatic heterocycles. The van der Waals surface area contributed by atoms with E-state index in [1.165, 1.54) is 51.4 Å². The first-order valence-corrected chi connectivity index (χ1v) is 17.8. The van der Waals surface area contributed by atoms with Crippen molar-refractivity contribution in [3.8, 4) is 28.3 Å². The largest absolute Gasteiger partial charge is 0.482 e. The van der Waals surface area contributed by atoms with Crippen LogP contribution in [0.25, 0.3) is 28.6 Å². The maximum absolute atomic E-state index is 12.6. The Hall–Kier alpha value is -4.40. The summed E-state index contributed by atoms with van der Waals surface area (Å²) in [4.78, 5) is 44.8. The summed E-state index contributed by atoms with van der Waals surface area (Å²) in [7, 11) is 0. The SMILES string of the molecule is CCCCCCCCCCCCNC(=O)C=Cc1ccc(-c2[nH]c(CC(=O)OC(C)(C)C)nc2-c2ccc(OCC(=O)OCC)cc2)cc1. The van der Waals surface area contributed by atoms with E-state index < -0.39 is 11.6 Å². The number of nitrogens with zero attached hydrogens (tertiary/aromatic N) is 1. The number of carbonyl (C=O) groups excluding carboxylic acids is 3. The highest BCUT2D eigenvalue weighted by Crippen LogP contribution is 2.32. The fourth-order valence-electron chi connectivity index (χ4n) is 5.31. The lowest BCUT2D eigenvalue weighted by molar-refractivity contribution is -0.154. The van der Waals surface area contributed by atoms with E-state index in [-0.39, 0.29) is 24.9 Å². The van der Waals surface area contributed by atoms with Gasteiger partial charge in [-0.15, -0.1) is 0 Å². The molecule has 0 aliphatic carbocycles. The van der Waals surface area contributed by atoms with Crippen molar-refractivity contribution in [1.29, 1.82) is 0 Å². The van der Waals surface area contributed by atoms with E-state index in [0.717, 1.165) is 35.2 Å². The topological polar surface area (TPSA) is 120 Å². The number of aromatic amines is 1. The lowest BCUT2D eigenvalue weighted by atomic mass is 10.0. The molecule has 1 amide bonds. The zero-order chi connectivity index (χ0) is 35.5. The Morgan fingerprint density at radius 3 is 2.02 bits per heavy atom. The highest BCUT2D eigenvalue weighted by Gasteiger charge is 2.20. The third-order valence-electron chi connectivity index (χ3n) is 7.73. The standard InChI is InChI=1S/C40H55N3O6/c1-6-8-9-10-11-12-13-14-15-16-27-41-35(44)26-19-30-17-20-31(21-18-30)38-39(43-34(42-38)28-36(45)49-40(3,4)5)32-22-24-33(25-23-32)48-29-37(46)47-7-2/h17-26H,6-16,27-29H2,1-5H3,(H,41,44)(H,42,43). The maximum atomic E-state index is 12.6. The summed E-state index contributed by atoms with van der Waals surface area (Å²) in [6, 6.07) is 15.0. The number of ether oxygens (including phenoxy) is 3. The van der Waals surface area contributed by atoms with E-state index in [1.807, 2.05) is 57.2 Å². The summed E-state index contributed by atoms with van der Waals surface area (Å²) in [6.07, 6.45) is 16.0. The molecule has 1 heterocycles. The fraction of sp³-hybridized carbons (Fsp3) is 0.500. The minimum absolute atomic E-state index is 0.0138. The molecular weight excluding hydrogens is 618 g/mol. The average Bonchev–Trinajstić information content (AvgIpc) is 3.48. The molecule has 0 aliphatic rings. The van der Waals surface area contributed by atoms with Gasteiger partial charge in [0.25, 0.3) is 0 Å². The molecule has 0 spiro atoms. The number of imidazole rings is 1. The van der Waals surface area contributed by atoms with Gasteiger partial charge in [0.15, 0.2) is 6.61 Å². The molecule has 2 aromatic carbocycles. The molecule has 3 rings (SSSR count). The predicted octanol–water partition coefficient (Wildman–Crippen LogP) is 8.62. The molecule has 9 heteroatoms. The van der Waals surface area contributed by atoms with Gasteiger partial charge in [0.2, 0.25) is 5.91 Å². The monoisotopic (exact) mass is 673 g/mol. The average molecular weight is 674 g/mol. The molecule has 0 fully saturated rings. The first-order chi connectivity index (χ1) is 23.6. The van der Waals surface area contributed by atoms with Crippen LogP contribution in [0, 0.1) is 0 Å². The van der Waals surface area contributed by atoms with E-state index in [1.54, 1.807) is 31.2 Å². The number of benzene rings is 2. The summed E-state index contributed by atoms with van der Waals surface area (Å²) in [5.74, 6) is 0.0824. The normalized spacial score (nSPS) is 11.4. The maximum Gasteiger partial charge on any atom is 0.344 e. The molecule has 0 atom stereocenters. The number of rotatable bonds is 21. The molecule has 9 nitrogen and oxygen atoms in total. The van der Waals surface area contributed by atoms with Crippen LogP contribution in [0.15, 0.2) is 54.6 Å². The summed E-state index contributed by atoms with van der Waals surface area (Å²) in [5.41, 5.74) is 3.34. The van der Waals surface area contributed by atoms with E-state index in [2.05, 4.69) is 17.2 Å². The third-order valence-corrected chi connectivity index (χ3v) is 7.73. The second-order valence-corrected chi connectivity index (χ2v) is 13.2. The molecule has 2 N–H and O–H groups in total. The van der Waals surface area contributed by atoms with Crippen LogP contribution >= 0.6 is 0 Å². The Kier molecular flexibility index (Phi) is 16.6. The summed E-state index contributed by atoms with van der Waals surface area (Å²) in [5, 5.41) is 2.99. The van der Waals surface area contributed by atoms with Crippen LogP contribution < -0.4 is 10.1 Å². The van der Waals surface area contributed by atoms with Crippen LogP contribution in [-0.4, -0.2) is 53.2 Å². The van der Waals surface area contributed by atoms with Crippen molar-refractivity contribution in [1.82, 2.24) is 15.3 Å². The van der Waals surface area contributed by atoms with Crippen molar-refractivity contribution < 1.29 is 28.6 Å². The van der Waals surface area contributed by atoms with Crippen molar-refractivity contribution in [2.24, 2.45) is 0 Å². The molecular formula is C40H55N3O6. The number of carbonyl (C=O) groups is 3. The number of hydrogen-bond donors (Lipinski definition) is 2. The first kappa shape index (κ1) is 39.0. The molecule has 0 saturated carbocycles. The molecule has 0 bridgehead atoms. The molecule has 0 radical (unpaired) electrons. The van der Waals surface area contributed by atoms with Gasteiger partial charge in [0.1, 0.15) is 23.6 Å². The number of nitrogens with one attached hydrogen (secondary N) is 2. The molecule has 3 aromatic rings. The van der Waals surface area contributed by atoms with Crippen molar-refractivity contribution in [3.63, 3.8) is 0 Å². The number of hydrogen-bond acceptors (Lipinski definition) is 7. The lowest BCUT2D eigenvalue weighted by Crippen LogP contribution is -2.25. The number of aromatic nitrogens is 2. The van der Waals surface area contributed by atoms with Crippen LogP contribution in [0.2, 0.25) is 0 Å².